The number of amides is 3. The Kier molecular flexibility index (Phi) is 5.74. The van der Waals surface area contributed by atoms with Gasteiger partial charge in [-0.1, -0.05) is 29.8 Å². The highest BCUT2D eigenvalue weighted by Gasteiger charge is 2.71. The Hall–Kier alpha value is -3.14. The number of hydrogen-bond acceptors (Lipinski definition) is 7. The molecular weight excluding hydrogens is 474 g/mol. The standard InChI is InChI=1S/C25H26ClN3O6/c1-12(30)20-18-19(25(28-20)14-5-4-6-15(26)21(14)27-24(25)33)23(32)29(22(18)31)10-9-13-7-8-16(34-2)17(11-13)35-3/h4-8,11-12,18-20,28,30H,9-10H2,1-3H3,(H,27,33)/t12?,18-,19-,20?,25?/m0/s1. The molecule has 184 valence electrons. The Labute approximate surface area is 207 Å². The first-order valence-electron chi connectivity index (χ1n) is 11.4. The van der Waals surface area contributed by atoms with Gasteiger partial charge in [-0.15, -0.1) is 0 Å². The fourth-order valence-corrected chi connectivity index (χ4v) is 5.92. The number of imide groups is 1. The number of fused-ring (bicyclic) bond motifs is 4. The maximum atomic E-state index is 13.7. The summed E-state index contributed by atoms with van der Waals surface area (Å²) < 4.78 is 10.6. The molecule has 9 nitrogen and oxygen atoms in total. The Bertz CT molecular complexity index is 1230. The number of benzene rings is 2. The average Bonchev–Trinajstić information content (AvgIpc) is 3.43. The minimum absolute atomic E-state index is 0.132. The Morgan fingerprint density at radius 1 is 1.11 bits per heavy atom. The monoisotopic (exact) mass is 499 g/mol. The van der Waals surface area contributed by atoms with Gasteiger partial charge in [0.1, 0.15) is 5.54 Å². The molecule has 2 aromatic carbocycles. The van der Waals surface area contributed by atoms with E-state index in [0.717, 1.165) is 5.56 Å². The third-order valence-electron chi connectivity index (χ3n) is 7.32. The highest BCUT2D eigenvalue weighted by atomic mass is 35.5. The zero-order valence-corrected chi connectivity index (χ0v) is 20.3. The van der Waals surface area contributed by atoms with E-state index in [1.54, 1.807) is 44.4 Å². The second kappa shape index (κ2) is 8.51. The third-order valence-corrected chi connectivity index (χ3v) is 7.63. The number of anilines is 1. The molecule has 35 heavy (non-hydrogen) atoms. The van der Waals surface area contributed by atoms with Crippen LogP contribution in [0.5, 0.6) is 11.5 Å². The summed E-state index contributed by atoms with van der Waals surface area (Å²) in [7, 11) is 3.08. The summed E-state index contributed by atoms with van der Waals surface area (Å²) in [5.41, 5.74) is 0.296. The van der Waals surface area contributed by atoms with E-state index < -0.39 is 47.2 Å². The summed E-state index contributed by atoms with van der Waals surface area (Å²) in [5.74, 6) is -2.06. The molecule has 3 aliphatic heterocycles. The first kappa shape index (κ1) is 23.6. The number of likely N-dealkylation sites (tertiary alicyclic amines) is 1. The molecule has 5 rings (SSSR count). The van der Waals surface area contributed by atoms with E-state index in [4.69, 9.17) is 21.1 Å². The van der Waals surface area contributed by atoms with E-state index in [2.05, 4.69) is 10.6 Å². The summed E-state index contributed by atoms with van der Waals surface area (Å²) in [6.07, 6.45) is -0.577. The Morgan fingerprint density at radius 3 is 2.54 bits per heavy atom. The minimum atomic E-state index is -1.49. The molecule has 0 saturated carbocycles. The number of carbonyl (C=O) groups is 3. The summed E-state index contributed by atoms with van der Waals surface area (Å²) in [6, 6.07) is 9.70. The first-order valence-corrected chi connectivity index (χ1v) is 11.7. The lowest BCUT2D eigenvalue weighted by Crippen LogP contribution is -2.54. The lowest BCUT2D eigenvalue weighted by molar-refractivity contribution is -0.143. The van der Waals surface area contributed by atoms with E-state index in [1.165, 1.54) is 12.0 Å². The van der Waals surface area contributed by atoms with E-state index in [9.17, 15) is 19.5 Å². The molecule has 0 bridgehead atoms. The molecule has 0 radical (unpaired) electrons. The number of ether oxygens (including phenoxy) is 2. The number of aliphatic hydroxyl groups excluding tert-OH is 1. The van der Waals surface area contributed by atoms with Gasteiger partial charge in [0.05, 0.1) is 42.9 Å². The first-order chi connectivity index (χ1) is 16.7. The zero-order valence-electron chi connectivity index (χ0n) is 19.5. The molecule has 2 saturated heterocycles. The van der Waals surface area contributed by atoms with E-state index in [1.807, 2.05) is 6.07 Å². The molecule has 3 amide bonds. The van der Waals surface area contributed by atoms with Crippen LogP contribution in [-0.4, -0.2) is 60.6 Å². The molecule has 3 N–H and O–H groups in total. The summed E-state index contributed by atoms with van der Waals surface area (Å²) in [6.45, 7) is 1.68. The van der Waals surface area contributed by atoms with Gasteiger partial charge in [0, 0.05) is 18.2 Å². The number of rotatable bonds is 6. The van der Waals surface area contributed by atoms with Crippen molar-refractivity contribution >= 4 is 35.0 Å². The predicted octanol–water partition coefficient (Wildman–Crippen LogP) is 1.70. The van der Waals surface area contributed by atoms with Gasteiger partial charge in [-0.25, -0.2) is 0 Å². The van der Waals surface area contributed by atoms with Crippen LogP contribution in [0.2, 0.25) is 5.02 Å². The Balaban J connectivity index is 1.49. The highest BCUT2D eigenvalue weighted by molar-refractivity contribution is 6.35. The van der Waals surface area contributed by atoms with Crippen molar-refractivity contribution in [2.45, 2.75) is 31.0 Å². The SMILES string of the molecule is COc1ccc(CCN2C(=O)[C@@H]3C(C(C)O)NC4(C(=O)Nc5c(Cl)cccc54)[C@@H]3C2=O)cc1OC. The van der Waals surface area contributed by atoms with Gasteiger partial charge in [-0.05, 0) is 37.1 Å². The molecular formula is C25H26ClN3O6. The molecule has 3 unspecified atom stereocenters. The van der Waals surface area contributed by atoms with Crippen molar-refractivity contribution in [3.05, 3.63) is 52.5 Å². The van der Waals surface area contributed by atoms with Crippen LogP contribution in [0.15, 0.2) is 36.4 Å². The summed E-state index contributed by atoms with van der Waals surface area (Å²) >= 11 is 6.32. The molecule has 3 heterocycles. The van der Waals surface area contributed by atoms with Gasteiger partial charge >= 0.3 is 0 Å². The molecule has 1 spiro atoms. The van der Waals surface area contributed by atoms with Crippen LogP contribution in [0.4, 0.5) is 5.69 Å². The Morgan fingerprint density at radius 2 is 1.86 bits per heavy atom. The van der Waals surface area contributed by atoms with Gasteiger partial charge in [0.25, 0.3) is 0 Å². The number of halogens is 1. The van der Waals surface area contributed by atoms with Crippen LogP contribution in [0.25, 0.3) is 0 Å². The second-order valence-electron chi connectivity index (χ2n) is 9.11. The number of nitrogens with one attached hydrogen (secondary N) is 2. The molecule has 5 atom stereocenters. The van der Waals surface area contributed by atoms with E-state index in [-0.39, 0.29) is 6.54 Å². The van der Waals surface area contributed by atoms with Gasteiger partial charge in [0.15, 0.2) is 11.5 Å². The van der Waals surface area contributed by atoms with Crippen LogP contribution in [-0.2, 0) is 26.3 Å². The van der Waals surface area contributed by atoms with Gasteiger partial charge < -0.3 is 19.9 Å². The fourth-order valence-electron chi connectivity index (χ4n) is 5.69. The van der Waals surface area contributed by atoms with Crippen molar-refractivity contribution in [2.75, 3.05) is 26.1 Å². The van der Waals surface area contributed by atoms with Gasteiger partial charge in [-0.2, -0.15) is 0 Å². The molecule has 3 aliphatic rings. The molecule has 10 heteroatoms. The van der Waals surface area contributed by atoms with Crippen LogP contribution in [0, 0.1) is 11.8 Å². The maximum absolute atomic E-state index is 13.7. The van der Waals surface area contributed by atoms with Crippen molar-refractivity contribution in [1.82, 2.24) is 10.2 Å². The van der Waals surface area contributed by atoms with Crippen LogP contribution < -0.4 is 20.1 Å². The minimum Gasteiger partial charge on any atom is -0.493 e. The average molecular weight is 500 g/mol. The zero-order chi connectivity index (χ0) is 25.1. The number of carbonyl (C=O) groups excluding carboxylic acids is 3. The van der Waals surface area contributed by atoms with Crippen LogP contribution in [0.3, 0.4) is 0 Å². The van der Waals surface area contributed by atoms with E-state index in [0.29, 0.717) is 34.2 Å². The van der Waals surface area contributed by atoms with Crippen LogP contribution in [0.1, 0.15) is 18.1 Å². The highest BCUT2D eigenvalue weighted by Crippen LogP contribution is 2.54. The van der Waals surface area contributed by atoms with Gasteiger partial charge in [-0.3, -0.25) is 24.6 Å². The fraction of sp³-hybridized carbons (Fsp3) is 0.400. The third kappa shape index (κ3) is 3.33. The molecule has 0 aliphatic carbocycles. The largest absolute Gasteiger partial charge is 0.493 e. The number of para-hydroxylation sites is 1. The maximum Gasteiger partial charge on any atom is 0.250 e. The van der Waals surface area contributed by atoms with Gasteiger partial charge in [0.2, 0.25) is 17.7 Å². The van der Waals surface area contributed by atoms with Crippen molar-refractivity contribution in [3.63, 3.8) is 0 Å². The summed E-state index contributed by atoms with van der Waals surface area (Å²) in [5, 5.41) is 16.8. The summed E-state index contributed by atoms with van der Waals surface area (Å²) in [4.78, 5) is 41.8. The normalized spacial score (nSPS) is 27.7. The quantitative estimate of drug-likeness (QED) is 0.518. The van der Waals surface area contributed by atoms with E-state index >= 15 is 0 Å². The van der Waals surface area contributed by atoms with Crippen molar-refractivity contribution in [1.29, 1.82) is 0 Å². The van der Waals surface area contributed by atoms with Crippen LogP contribution >= 0.6 is 11.6 Å². The second-order valence-corrected chi connectivity index (χ2v) is 9.51. The topological polar surface area (TPSA) is 117 Å². The number of methoxy groups -OCH3 is 2. The number of aliphatic hydroxyl groups is 1. The smallest absolute Gasteiger partial charge is 0.250 e. The predicted molar refractivity (Wildman–Crippen MR) is 127 cm³/mol. The number of hydrogen-bond donors (Lipinski definition) is 3. The molecule has 2 fully saturated rings. The van der Waals surface area contributed by atoms with Crippen molar-refractivity contribution < 1.29 is 29.0 Å². The molecule has 2 aromatic rings. The molecule has 0 aromatic heterocycles. The lowest BCUT2D eigenvalue weighted by Gasteiger charge is -2.30. The lowest BCUT2D eigenvalue weighted by atomic mass is 9.76. The van der Waals surface area contributed by atoms with Crippen molar-refractivity contribution in [3.8, 4) is 11.5 Å². The van der Waals surface area contributed by atoms with Crippen molar-refractivity contribution in [2.24, 2.45) is 11.8 Å². The number of nitrogens with zero attached hydrogens (tertiary/aromatic N) is 1.